The second-order valence-electron chi connectivity index (χ2n) is 11.1. The van der Waals surface area contributed by atoms with Crippen LogP contribution in [-0.2, 0) is 17.9 Å². The van der Waals surface area contributed by atoms with Gasteiger partial charge < -0.3 is 19.6 Å². The van der Waals surface area contributed by atoms with E-state index in [2.05, 4.69) is 25.7 Å². The smallest absolute Gasteiger partial charge is 0.407 e. The van der Waals surface area contributed by atoms with Crippen LogP contribution in [0.5, 0.6) is 0 Å². The van der Waals surface area contributed by atoms with E-state index < -0.39 is 6.09 Å². The van der Waals surface area contributed by atoms with E-state index in [1.807, 2.05) is 54.6 Å². The first-order valence-electron chi connectivity index (χ1n) is 12.1. The van der Waals surface area contributed by atoms with Crippen LogP contribution in [0.1, 0.15) is 61.5 Å². The van der Waals surface area contributed by atoms with Crippen molar-refractivity contribution in [2.45, 2.75) is 59.2 Å². The zero-order valence-corrected chi connectivity index (χ0v) is 20.5. The largest absolute Gasteiger partial charge is 0.465 e. The minimum Gasteiger partial charge on any atom is -0.465 e. The van der Waals surface area contributed by atoms with E-state index in [1.54, 1.807) is 0 Å². The summed E-state index contributed by atoms with van der Waals surface area (Å²) in [5, 5.41) is 9.60. The third-order valence-electron chi connectivity index (χ3n) is 7.14. The Balaban J connectivity index is 1.32. The maximum Gasteiger partial charge on any atom is 0.407 e. The molecule has 6 heteroatoms. The summed E-state index contributed by atoms with van der Waals surface area (Å²) in [6, 6.07) is 17.5. The molecule has 2 aliphatic rings. The molecule has 4 rings (SSSR count). The Kier molecular flexibility index (Phi) is 6.99. The number of rotatable bonds is 8. The molecule has 34 heavy (non-hydrogen) atoms. The maximum absolute atomic E-state index is 13.3. The lowest BCUT2D eigenvalue weighted by atomic mass is 9.65. The van der Waals surface area contributed by atoms with Crippen LogP contribution in [0, 0.1) is 10.8 Å². The molecule has 2 aromatic rings. The molecule has 0 aromatic heterocycles. The normalized spacial score (nSPS) is 23.0. The van der Waals surface area contributed by atoms with Gasteiger partial charge in [0.05, 0.1) is 13.2 Å². The second kappa shape index (κ2) is 9.79. The van der Waals surface area contributed by atoms with Gasteiger partial charge in [-0.2, -0.15) is 0 Å². The van der Waals surface area contributed by atoms with Crippen LogP contribution < -0.4 is 0 Å². The predicted octanol–water partition coefficient (Wildman–Crippen LogP) is 5.42. The van der Waals surface area contributed by atoms with Gasteiger partial charge in [-0.25, -0.2) is 4.79 Å². The summed E-state index contributed by atoms with van der Waals surface area (Å²) in [5.74, 6) is 0.0855. The van der Waals surface area contributed by atoms with E-state index in [0.717, 1.165) is 36.9 Å². The number of benzene rings is 2. The summed E-state index contributed by atoms with van der Waals surface area (Å²) in [4.78, 5) is 28.4. The first kappa shape index (κ1) is 24.3. The van der Waals surface area contributed by atoms with E-state index in [1.165, 1.54) is 4.90 Å². The standard InChI is InChI=1S/C28H36N2O4/c1-27(2)15-24-16-28(3,19-27)20-30(24)25(31)23-11-9-21(10-12-23)17-29(26(32)33)13-14-34-18-22-7-5-4-6-8-22/h4-12,24H,13-20H2,1-3H3,(H,32,33). The number of nitrogens with zero attached hydrogens (tertiary/aromatic N) is 2. The van der Waals surface area contributed by atoms with Crippen molar-refractivity contribution in [3.05, 3.63) is 71.3 Å². The van der Waals surface area contributed by atoms with E-state index in [9.17, 15) is 14.7 Å². The molecule has 1 N–H and O–H groups in total. The number of amides is 2. The van der Waals surface area contributed by atoms with Crippen molar-refractivity contribution in [2.75, 3.05) is 19.7 Å². The fourth-order valence-corrected chi connectivity index (χ4v) is 6.02. The fourth-order valence-electron chi connectivity index (χ4n) is 6.02. The molecule has 2 amide bonds. The minimum absolute atomic E-state index is 0.0855. The summed E-state index contributed by atoms with van der Waals surface area (Å²) in [7, 11) is 0. The van der Waals surface area contributed by atoms with Gasteiger partial charge in [0, 0.05) is 31.2 Å². The highest BCUT2D eigenvalue weighted by molar-refractivity contribution is 5.94. The molecule has 0 radical (unpaired) electrons. The zero-order chi connectivity index (χ0) is 24.3. The van der Waals surface area contributed by atoms with Crippen LogP contribution in [0.15, 0.2) is 54.6 Å². The number of likely N-dealkylation sites (tertiary alicyclic amines) is 1. The average molecular weight is 465 g/mol. The van der Waals surface area contributed by atoms with E-state index in [-0.39, 0.29) is 29.8 Å². The molecule has 2 aromatic carbocycles. The van der Waals surface area contributed by atoms with Crippen molar-refractivity contribution in [1.82, 2.24) is 9.80 Å². The lowest BCUT2D eigenvalue weighted by molar-refractivity contribution is 0.0707. The molecule has 1 aliphatic carbocycles. The van der Waals surface area contributed by atoms with Crippen LogP contribution in [0.4, 0.5) is 4.79 Å². The highest BCUT2D eigenvalue weighted by atomic mass is 16.5. The van der Waals surface area contributed by atoms with Crippen LogP contribution in [-0.4, -0.2) is 52.6 Å². The maximum atomic E-state index is 13.3. The summed E-state index contributed by atoms with van der Waals surface area (Å²) in [6.45, 7) is 9.06. The van der Waals surface area contributed by atoms with Crippen molar-refractivity contribution in [1.29, 1.82) is 0 Å². The first-order chi connectivity index (χ1) is 16.1. The fraction of sp³-hybridized carbons (Fsp3) is 0.500. The number of fused-ring (bicyclic) bond motifs is 2. The summed E-state index contributed by atoms with van der Waals surface area (Å²) in [6.07, 6.45) is 2.30. The Hall–Kier alpha value is -2.86. The summed E-state index contributed by atoms with van der Waals surface area (Å²) in [5.41, 5.74) is 3.05. The Morgan fingerprint density at radius 2 is 1.74 bits per heavy atom. The van der Waals surface area contributed by atoms with Crippen LogP contribution in [0.25, 0.3) is 0 Å². The molecule has 1 saturated carbocycles. The Labute approximate surface area is 202 Å². The number of carbonyl (C=O) groups is 2. The molecular formula is C28H36N2O4. The number of ether oxygens (including phenoxy) is 1. The lowest BCUT2D eigenvalue weighted by Gasteiger charge is -2.39. The van der Waals surface area contributed by atoms with Gasteiger partial charge in [0.25, 0.3) is 5.91 Å². The Morgan fingerprint density at radius 3 is 2.41 bits per heavy atom. The lowest BCUT2D eigenvalue weighted by Crippen LogP contribution is -2.37. The third-order valence-corrected chi connectivity index (χ3v) is 7.14. The van der Waals surface area contributed by atoms with Gasteiger partial charge in [0.2, 0.25) is 0 Å². The minimum atomic E-state index is -0.983. The molecule has 1 heterocycles. The molecule has 182 valence electrons. The molecule has 1 saturated heterocycles. The van der Waals surface area contributed by atoms with Gasteiger partial charge in [-0.05, 0) is 53.4 Å². The van der Waals surface area contributed by atoms with Crippen molar-refractivity contribution in [3.8, 4) is 0 Å². The third kappa shape index (κ3) is 5.79. The molecule has 2 unspecified atom stereocenters. The van der Waals surface area contributed by atoms with Crippen LogP contribution in [0.2, 0.25) is 0 Å². The summed E-state index contributed by atoms with van der Waals surface area (Å²) >= 11 is 0. The molecule has 6 nitrogen and oxygen atoms in total. The zero-order valence-electron chi connectivity index (χ0n) is 20.5. The summed E-state index contributed by atoms with van der Waals surface area (Å²) < 4.78 is 5.65. The van der Waals surface area contributed by atoms with E-state index in [0.29, 0.717) is 24.8 Å². The van der Waals surface area contributed by atoms with Crippen molar-refractivity contribution in [2.24, 2.45) is 10.8 Å². The van der Waals surface area contributed by atoms with Crippen molar-refractivity contribution >= 4 is 12.0 Å². The average Bonchev–Trinajstić information content (AvgIpc) is 3.04. The number of hydrogen-bond donors (Lipinski definition) is 1. The van der Waals surface area contributed by atoms with Gasteiger partial charge in [0.1, 0.15) is 0 Å². The quantitative estimate of drug-likeness (QED) is 0.529. The van der Waals surface area contributed by atoms with Gasteiger partial charge >= 0.3 is 6.09 Å². The second-order valence-corrected chi connectivity index (χ2v) is 11.1. The van der Waals surface area contributed by atoms with Crippen molar-refractivity contribution < 1.29 is 19.4 Å². The highest BCUT2D eigenvalue weighted by Gasteiger charge is 2.51. The Bertz CT molecular complexity index is 1000. The van der Waals surface area contributed by atoms with Gasteiger partial charge in [0.15, 0.2) is 0 Å². The molecule has 0 spiro atoms. The van der Waals surface area contributed by atoms with Crippen molar-refractivity contribution in [3.63, 3.8) is 0 Å². The first-order valence-corrected chi connectivity index (χ1v) is 12.1. The van der Waals surface area contributed by atoms with E-state index >= 15 is 0 Å². The number of hydrogen-bond acceptors (Lipinski definition) is 3. The van der Waals surface area contributed by atoms with Gasteiger partial charge in [-0.1, -0.05) is 63.2 Å². The van der Waals surface area contributed by atoms with E-state index in [4.69, 9.17) is 4.74 Å². The number of carbonyl (C=O) groups excluding carboxylic acids is 1. The van der Waals surface area contributed by atoms with Gasteiger partial charge in [-0.15, -0.1) is 0 Å². The SMILES string of the molecule is CC1(C)CC2CC(C)(CN2C(=O)c2ccc(CN(CCOCc3ccccc3)C(=O)O)cc2)C1. The number of carboxylic acid groups (broad SMARTS) is 1. The molecule has 2 atom stereocenters. The molecule has 2 fully saturated rings. The molecule has 2 bridgehead atoms. The highest BCUT2D eigenvalue weighted by Crippen LogP contribution is 2.52. The molecule has 1 aliphatic heterocycles. The monoisotopic (exact) mass is 464 g/mol. The van der Waals surface area contributed by atoms with Gasteiger partial charge in [-0.3, -0.25) is 4.79 Å². The Morgan fingerprint density at radius 1 is 1.03 bits per heavy atom. The predicted molar refractivity (Wildman–Crippen MR) is 132 cm³/mol. The molecular weight excluding hydrogens is 428 g/mol. The topological polar surface area (TPSA) is 70.1 Å². The van der Waals surface area contributed by atoms with Crippen LogP contribution in [0.3, 0.4) is 0 Å². The van der Waals surface area contributed by atoms with Crippen LogP contribution >= 0.6 is 0 Å².